The van der Waals surface area contributed by atoms with Crippen LogP contribution in [0, 0.1) is 0 Å². The van der Waals surface area contributed by atoms with Gasteiger partial charge in [-0.1, -0.05) is 66.7 Å². The number of amides is 2. The van der Waals surface area contributed by atoms with Crippen molar-refractivity contribution in [2.75, 3.05) is 19.4 Å². The van der Waals surface area contributed by atoms with Gasteiger partial charge in [-0.2, -0.15) is 5.10 Å². The van der Waals surface area contributed by atoms with Crippen LogP contribution >= 0.6 is 0 Å². The molecule has 0 saturated heterocycles. The number of nitrogens with one attached hydrogen (secondary N) is 1. The Labute approximate surface area is 199 Å². The van der Waals surface area contributed by atoms with Crippen LogP contribution in [0.4, 0.5) is 5.69 Å². The summed E-state index contributed by atoms with van der Waals surface area (Å²) in [5.74, 6) is -0.408. The summed E-state index contributed by atoms with van der Waals surface area (Å²) in [4.78, 5) is 26.3. The molecule has 1 aromatic heterocycles. The minimum atomic E-state index is -0.288. The van der Waals surface area contributed by atoms with Crippen LogP contribution in [0.5, 0.6) is 0 Å². The summed E-state index contributed by atoms with van der Waals surface area (Å²) >= 11 is 0. The van der Waals surface area contributed by atoms with Gasteiger partial charge >= 0.3 is 0 Å². The maximum absolute atomic E-state index is 12.6. The van der Waals surface area contributed by atoms with Crippen LogP contribution in [-0.4, -0.2) is 40.6 Å². The van der Waals surface area contributed by atoms with Gasteiger partial charge in [0.05, 0.1) is 12.2 Å². The maximum Gasteiger partial charge on any atom is 0.253 e. The van der Waals surface area contributed by atoms with Crippen molar-refractivity contribution in [2.45, 2.75) is 6.54 Å². The Hall–Kier alpha value is -4.45. The summed E-state index contributed by atoms with van der Waals surface area (Å²) in [6, 6.07) is 26.9. The smallest absolute Gasteiger partial charge is 0.253 e. The van der Waals surface area contributed by atoms with Gasteiger partial charge in [-0.3, -0.25) is 14.3 Å². The Kier molecular flexibility index (Phi) is 6.98. The van der Waals surface area contributed by atoms with Crippen molar-refractivity contribution in [1.29, 1.82) is 0 Å². The predicted molar refractivity (Wildman–Crippen MR) is 135 cm³/mol. The SMILES string of the molecule is CN(C)C(=O)c1cccc(NC(=O)/C=C/c2cn(Cc3ccccc3)nc2-c2ccccc2)c1. The highest BCUT2D eigenvalue weighted by Crippen LogP contribution is 2.23. The van der Waals surface area contributed by atoms with Crippen molar-refractivity contribution < 1.29 is 9.59 Å². The van der Waals surface area contributed by atoms with Gasteiger partial charge in [-0.25, -0.2) is 0 Å². The van der Waals surface area contributed by atoms with Crippen LogP contribution in [0.3, 0.4) is 0 Å². The van der Waals surface area contributed by atoms with Crippen LogP contribution in [0.2, 0.25) is 0 Å². The van der Waals surface area contributed by atoms with Crippen LogP contribution < -0.4 is 5.32 Å². The van der Waals surface area contributed by atoms with Crippen molar-refractivity contribution >= 4 is 23.6 Å². The molecule has 170 valence electrons. The van der Waals surface area contributed by atoms with E-state index in [1.807, 2.05) is 59.4 Å². The van der Waals surface area contributed by atoms with Gasteiger partial charge in [0.1, 0.15) is 0 Å². The topological polar surface area (TPSA) is 67.2 Å². The zero-order chi connectivity index (χ0) is 23.9. The van der Waals surface area contributed by atoms with Crippen LogP contribution in [-0.2, 0) is 11.3 Å². The minimum Gasteiger partial charge on any atom is -0.345 e. The number of carbonyl (C=O) groups is 2. The predicted octanol–water partition coefficient (Wildman–Crippen LogP) is 4.95. The Morgan fingerprint density at radius 1 is 0.941 bits per heavy atom. The first kappa shape index (κ1) is 22.7. The summed E-state index contributed by atoms with van der Waals surface area (Å²) < 4.78 is 1.88. The molecule has 0 fully saturated rings. The zero-order valence-electron chi connectivity index (χ0n) is 19.2. The molecule has 6 heteroatoms. The largest absolute Gasteiger partial charge is 0.345 e. The van der Waals surface area contributed by atoms with E-state index >= 15 is 0 Å². The molecule has 0 aliphatic rings. The standard InChI is InChI=1S/C28H26N4O2/c1-31(2)28(34)23-14-9-15-25(18-23)29-26(33)17-16-24-20-32(19-21-10-5-3-6-11-21)30-27(24)22-12-7-4-8-13-22/h3-18,20H,19H2,1-2H3,(H,29,33)/b17-16+. The lowest BCUT2D eigenvalue weighted by atomic mass is 10.1. The van der Waals surface area contributed by atoms with Crippen molar-refractivity contribution in [3.8, 4) is 11.3 Å². The molecule has 1 N–H and O–H groups in total. The lowest BCUT2D eigenvalue weighted by Crippen LogP contribution is -2.21. The normalized spacial score (nSPS) is 10.9. The third-order valence-corrected chi connectivity index (χ3v) is 5.22. The molecule has 1 heterocycles. The summed E-state index contributed by atoms with van der Waals surface area (Å²) in [5.41, 5.74) is 4.84. The number of anilines is 1. The van der Waals surface area contributed by atoms with Crippen molar-refractivity contribution in [1.82, 2.24) is 14.7 Å². The molecule has 0 unspecified atom stereocenters. The second-order valence-electron chi connectivity index (χ2n) is 8.09. The first-order valence-corrected chi connectivity index (χ1v) is 11.0. The van der Waals surface area contributed by atoms with Crippen LogP contribution in [0.1, 0.15) is 21.5 Å². The number of hydrogen-bond donors (Lipinski definition) is 1. The number of nitrogens with zero attached hydrogens (tertiary/aromatic N) is 3. The van der Waals surface area contributed by atoms with Gasteiger partial charge in [0.15, 0.2) is 0 Å². The molecule has 0 spiro atoms. The Balaban J connectivity index is 1.55. The summed E-state index contributed by atoms with van der Waals surface area (Å²) in [5, 5.41) is 7.61. The highest BCUT2D eigenvalue weighted by molar-refractivity contribution is 6.03. The molecule has 0 aliphatic carbocycles. The van der Waals surface area contributed by atoms with Gasteiger partial charge < -0.3 is 10.2 Å². The molecule has 3 aromatic carbocycles. The average molecular weight is 451 g/mol. The van der Waals surface area contributed by atoms with Gasteiger partial charge in [-0.05, 0) is 29.8 Å². The fourth-order valence-electron chi connectivity index (χ4n) is 3.57. The molecule has 0 saturated carbocycles. The van der Waals surface area contributed by atoms with Crippen molar-refractivity contribution in [3.05, 3.63) is 114 Å². The molecule has 0 aliphatic heterocycles. The van der Waals surface area contributed by atoms with Gasteiger partial charge in [0, 0.05) is 48.7 Å². The van der Waals surface area contributed by atoms with E-state index in [4.69, 9.17) is 5.10 Å². The third kappa shape index (κ3) is 5.66. The fourth-order valence-corrected chi connectivity index (χ4v) is 3.57. The van der Waals surface area contributed by atoms with Gasteiger partial charge in [0.25, 0.3) is 5.91 Å². The summed E-state index contributed by atoms with van der Waals surface area (Å²) in [7, 11) is 3.39. The highest BCUT2D eigenvalue weighted by atomic mass is 16.2. The molecule has 0 radical (unpaired) electrons. The van der Waals surface area contributed by atoms with E-state index in [0.717, 1.165) is 22.4 Å². The lowest BCUT2D eigenvalue weighted by Gasteiger charge is -2.11. The number of carbonyl (C=O) groups excluding carboxylic acids is 2. The Morgan fingerprint density at radius 2 is 1.65 bits per heavy atom. The van der Waals surface area contributed by atoms with E-state index in [2.05, 4.69) is 17.4 Å². The second kappa shape index (κ2) is 10.4. The number of aromatic nitrogens is 2. The molecule has 4 rings (SSSR count). The Bertz CT molecular complexity index is 1310. The van der Waals surface area contributed by atoms with Crippen molar-refractivity contribution in [2.24, 2.45) is 0 Å². The highest BCUT2D eigenvalue weighted by Gasteiger charge is 2.11. The number of benzene rings is 3. The van der Waals surface area contributed by atoms with E-state index in [0.29, 0.717) is 17.8 Å². The minimum absolute atomic E-state index is 0.120. The van der Waals surface area contributed by atoms with E-state index in [-0.39, 0.29) is 11.8 Å². The van der Waals surface area contributed by atoms with Crippen LogP contribution in [0.25, 0.3) is 17.3 Å². The maximum atomic E-state index is 12.6. The van der Waals surface area contributed by atoms with E-state index in [1.165, 1.54) is 11.0 Å². The van der Waals surface area contributed by atoms with E-state index < -0.39 is 0 Å². The molecule has 6 nitrogen and oxygen atoms in total. The van der Waals surface area contributed by atoms with E-state index in [1.54, 1.807) is 44.4 Å². The first-order valence-electron chi connectivity index (χ1n) is 11.0. The molecule has 0 atom stereocenters. The molecular weight excluding hydrogens is 424 g/mol. The zero-order valence-corrected chi connectivity index (χ0v) is 19.2. The van der Waals surface area contributed by atoms with Crippen molar-refractivity contribution in [3.63, 3.8) is 0 Å². The molecule has 4 aromatic rings. The number of hydrogen-bond acceptors (Lipinski definition) is 3. The second-order valence-corrected chi connectivity index (χ2v) is 8.09. The fraction of sp³-hybridized carbons (Fsp3) is 0.107. The molecule has 0 bridgehead atoms. The molecule has 2 amide bonds. The monoisotopic (exact) mass is 450 g/mol. The molecule has 34 heavy (non-hydrogen) atoms. The van der Waals surface area contributed by atoms with Gasteiger partial charge in [0.2, 0.25) is 5.91 Å². The summed E-state index contributed by atoms with van der Waals surface area (Å²) in [6.45, 7) is 0.632. The quantitative estimate of drug-likeness (QED) is 0.405. The lowest BCUT2D eigenvalue weighted by molar-refractivity contribution is -0.111. The Morgan fingerprint density at radius 3 is 2.35 bits per heavy atom. The first-order chi connectivity index (χ1) is 16.5. The molecular formula is C28H26N4O2. The van der Waals surface area contributed by atoms with E-state index in [9.17, 15) is 9.59 Å². The number of rotatable bonds is 7. The summed E-state index contributed by atoms with van der Waals surface area (Å²) in [6.07, 6.45) is 5.19. The third-order valence-electron chi connectivity index (χ3n) is 5.22. The van der Waals surface area contributed by atoms with Crippen LogP contribution in [0.15, 0.2) is 97.2 Å². The van der Waals surface area contributed by atoms with Gasteiger partial charge in [-0.15, -0.1) is 0 Å². The average Bonchev–Trinajstić information content (AvgIpc) is 3.26.